The summed E-state index contributed by atoms with van der Waals surface area (Å²) < 4.78 is 0. The summed E-state index contributed by atoms with van der Waals surface area (Å²) in [6.45, 7) is 8.14. The highest BCUT2D eigenvalue weighted by Gasteiger charge is 2.21. The van der Waals surface area contributed by atoms with Crippen molar-refractivity contribution < 1.29 is 0 Å². The van der Waals surface area contributed by atoms with Crippen molar-refractivity contribution in [2.24, 2.45) is 0 Å². The summed E-state index contributed by atoms with van der Waals surface area (Å²) in [7, 11) is 1.83. The minimum Gasteiger partial charge on any atom is -0.373 e. The lowest BCUT2D eigenvalue weighted by molar-refractivity contribution is 0.538. The maximum atomic E-state index is 11.4. The van der Waals surface area contributed by atoms with Crippen LogP contribution in [0.2, 0.25) is 0 Å². The van der Waals surface area contributed by atoms with E-state index in [1.807, 2.05) is 14.0 Å². The molecule has 0 saturated carbocycles. The minimum absolute atomic E-state index is 0.161. The van der Waals surface area contributed by atoms with Crippen LogP contribution in [0.3, 0.4) is 0 Å². The Kier molecular flexibility index (Phi) is 4.32. The van der Waals surface area contributed by atoms with E-state index < -0.39 is 0 Å². The average Bonchev–Trinajstić information content (AvgIpc) is 2.40. The topological polar surface area (TPSA) is 83.6 Å². The molecule has 2 N–H and O–H groups in total. The quantitative estimate of drug-likeness (QED) is 0.669. The molecule has 2 heterocycles. The number of nitrogens with zero attached hydrogens (tertiary/aromatic N) is 3. The summed E-state index contributed by atoms with van der Waals surface area (Å²) in [6.07, 6.45) is 1.49. The fourth-order valence-electron chi connectivity index (χ4n) is 1.67. The molecule has 0 bridgehead atoms. The first-order valence-corrected chi connectivity index (χ1v) is 7.43. The molecular formula is C14H19N5OS. The van der Waals surface area contributed by atoms with Crippen LogP contribution >= 0.6 is 11.8 Å². The van der Waals surface area contributed by atoms with Crippen molar-refractivity contribution in [3.63, 3.8) is 0 Å². The molecule has 112 valence electrons. The number of hydrogen-bond acceptors (Lipinski definition) is 6. The highest BCUT2D eigenvalue weighted by atomic mass is 32.2. The lowest BCUT2D eigenvalue weighted by atomic mass is 9.95. The van der Waals surface area contributed by atoms with Gasteiger partial charge in [-0.1, -0.05) is 20.8 Å². The van der Waals surface area contributed by atoms with Gasteiger partial charge in [0.2, 0.25) is 0 Å². The third-order valence-electron chi connectivity index (χ3n) is 2.85. The van der Waals surface area contributed by atoms with Gasteiger partial charge in [-0.2, -0.15) is 0 Å². The third-order valence-corrected chi connectivity index (χ3v) is 3.84. The predicted octanol–water partition coefficient (Wildman–Crippen LogP) is 2.36. The van der Waals surface area contributed by atoms with E-state index in [2.05, 4.69) is 46.0 Å². The second-order valence-electron chi connectivity index (χ2n) is 5.67. The van der Waals surface area contributed by atoms with Gasteiger partial charge in [0, 0.05) is 30.3 Å². The molecule has 0 spiro atoms. The molecule has 0 radical (unpaired) electrons. The van der Waals surface area contributed by atoms with Crippen LogP contribution in [0.15, 0.2) is 27.2 Å². The van der Waals surface area contributed by atoms with Crippen molar-refractivity contribution in [3.8, 4) is 0 Å². The molecule has 7 heteroatoms. The molecule has 0 aliphatic carbocycles. The molecule has 2 aromatic rings. The van der Waals surface area contributed by atoms with E-state index in [1.54, 1.807) is 0 Å². The number of hydrogen-bond donors (Lipinski definition) is 2. The van der Waals surface area contributed by atoms with Gasteiger partial charge < -0.3 is 10.3 Å². The molecular weight excluding hydrogens is 286 g/mol. The Hall–Kier alpha value is -1.89. The number of rotatable bonds is 3. The SMILES string of the molecule is CNc1nc(C(C)(C)C)nc(Sc2nccc(=O)[nH]2)c1C. The van der Waals surface area contributed by atoms with Crippen LogP contribution in [0.4, 0.5) is 5.82 Å². The normalized spacial score (nSPS) is 11.5. The Morgan fingerprint density at radius 1 is 1.29 bits per heavy atom. The maximum absolute atomic E-state index is 11.4. The van der Waals surface area contributed by atoms with Gasteiger partial charge in [0.15, 0.2) is 5.16 Å². The summed E-state index contributed by atoms with van der Waals surface area (Å²) in [5, 5.41) is 4.39. The number of H-pyrrole nitrogens is 1. The summed E-state index contributed by atoms with van der Waals surface area (Å²) in [6, 6.07) is 1.39. The summed E-state index contributed by atoms with van der Waals surface area (Å²) in [4.78, 5) is 27.4. The van der Waals surface area contributed by atoms with E-state index in [-0.39, 0.29) is 11.0 Å². The monoisotopic (exact) mass is 305 g/mol. The van der Waals surface area contributed by atoms with Crippen molar-refractivity contribution in [2.75, 3.05) is 12.4 Å². The highest BCUT2D eigenvalue weighted by Crippen LogP contribution is 2.31. The first-order valence-electron chi connectivity index (χ1n) is 6.61. The lowest BCUT2D eigenvalue weighted by Crippen LogP contribution is -2.18. The van der Waals surface area contributed by atoms with Gasteiger partial charge in [0.25, 0.3) is 5.56 Å². The Balaban J connectivity index is 2.49. The van der Waals surface area contributed by atoms with Gasteiger partial charge in [-0.3, -0.25) is 4.79 Å². The smallest absolute Gasteiger partial charge is 0.251 e. The number of aromatic nitrogens is 4. The van der Waals surface area contributed by atoms with Gasteiger partial charge in [-0.25, -0.2) is 15.0 Å². The fraction of sp³-hybridized carbons (Fsp3) is 0.429. The molecule has 2 aromatic heterocycles. The van der Waals surface area contributed by atoms with Crippen LogP contribution in [0, 0.1) is 6.92 Å². The third kappa shape index (κ3) is 3.60. The predicted molar refractivity (Wildman–Crippen MR) is 84.0 cm³/mol. The molecule has 0 unspecified atom stereocenters. The van der Waals surface area contributed by atoms with Gasteiger partial charge in [0.1, 0.15) is 16.7 Å². The largest absolute Gasteiger partial charge is 0.373 e. The summed E-state index contributed by atoms with van der Waals surface area (Å²) in [5.41, 5.74) is 0.595. The van der Waals surface area contributed by atoms with Crippen molar-refractivity contribution in [3.05, 3.63) is 34.0 Å². The Morgan fingerprint density at radius 3 is 2.57 bits per heavy atom. The van der Waals surface area contributed by atoms with E-state index in [0.717, 1.165) is 22.2 Å². The Morgan fingerprint density at radius 2 is 2.00 bits per heavy atom. The van der Waals surface area contributed by atoms with Crippen molar-refractivity contribution >= 4 is 17.6 Å². The van der Waals surface area contributed by atoms with Crippen molar-refractivity contribution in [1.29, 1.82) is 0 Å². The zero-order valence-corrected chi connectivity index (χ0v) is 13.6. The molecule has 0 saturated heterocycles. The van der Waals surface area contributed by atoms with Crippen molar-refractivity contribution in [2.45, 2.75) is 43.3 Å². The number of anilines is 1. The molecule has 0 aromatic carbocycles. The molecule has 0 atom stereocenters. The lowest BCUT2D eigenvalue weighted by Gasteiger charge is -2.19. The maximum Gasteiger partial charge on any atom is 0.251 e. The molecule has 0 aliphatic rings. The Labute approximate surface area is 127 Å². The highest BCUT2D eigenvalue weighted by molar-refractivity contribution is 7.99. The fourth-order valence-corrected chi connectivity index (χ4v) is 2.50. The molecule has 6 nitrogen and oxygen atoms in total. The summed E-state index contributed by atoms with van der Waals surface area (Å²) >= 11 is 1.33. The second kappa shape index (κ2) is 5.85. The first-order chi connectivity index (χ1) is 9.81. The van der Waals surface area contributed by atoms with E-state index >= 15 is 0 Å². The molecule has 0 amide bonds. The van der Waals surface area contributed by atoms with E-state index in [4.69, 9.17) is 0 Å². The van der Waals surface area contributed by atoms with E-state index in [9.17, 15) is 4.79 Å². The standard InChI is InChI=1S/C14H19N5OS/c1-8-10(15-5)18-12(14(2,3)4)19-11(8)21-13-16-7-6-9(20)17-13/h6-7H,1-5H3,(H,15,18,19)(H,16,17,20). The van der Waals surface area contributed by atoms with Crippen LogP contribution in [-0.4, -0.2) is 27.0 Å². The first kappa shape index (κ1) is 15.5. The van der Waals surface area contributed by atoms with Crippen LogP contribution < -0.4 is 10.9 Å². The van der Waals surface area contributed by atoms with Gasteiger partial charge in [0.05, 0.1) is 0 Å². The van der Waals surface area contributed by atoms with Crippen LogP contribution in [0.25, 0.3) is 0 Å². The van der Waals surface area contributed by atoms with E-state index in [0.29, 0.717) is 5.16 Å². The van der Waals surface area contributed by atoms with Crippen molar-refractivity contribution in [1.82, 2.24) is 19.9 Å². The zero-order valence-electron chi connectivity index (χ0n) is 12.8. The average molecular weight is 305 g/mol. The van der Waals surface area contributed by atoms with Gasteiger partial charge in [-0.15, -0.1) is 0 Å². The number of nitrogens with one attached hydrogen (secondary N) is 2. The molecule has 0 aliphatic heterocycles. The second-order valence-corrected chi connectivity index (χ2v) is 6.64. The Bertz CT molecular complexity index is 705. The van der Waals surface area contributed by atoms with Gasteiger partial charge >= 0.3 is 0 Å². The van der Waals surface area contributed by atoms with Crippen LogP contribution in [-0.2, 0) is 5.41 Å². The molecule has 0 fully saturated rings. The molecule has 21 heavy (non-hydrogen) atoms. The van der Waals surface area contributed by atoms with Gasteiger partial charge in [-0.05, 0) is 18.7 Å². The van der Waals surface area contributed by atoms with E-state index in [1.165, 1.54) is 24.0 Å². The van der Waals surface area contributed by atoms with Crippen LogP contribution in [0.5, 0.6) is 0 Å². The number of aromatic amines is 1. The zero-order chi connectivity index (χ0) is 15.6. The summed E-state index contributed by atoms with van der Waals surface area (Å²) in [5.74, 6) is 1.54. The minimum atomic E-state index is -0.177. The molecule has 2 rings (SSSR count). The van der Waals surface area contributed by atoms with Crippen LogP contribution in [0.1, 0.15) is 32.2 Å².